The lowest BCUT2D eigenvalue weighted by Gasteiger charge is -2.40. The normalized spacial score (nSPS) is 37.2. The van der Waals surface area contributed by atoms with Gasteiger partial charge in [0.25, 0.3) is 0 Å². The lowest BCUT2D eigenvalue weighted by Crippen LogP contribution is -2.54. The number of nitrogens with zero attached hydrogens (tertiary/aromatic N) is 1. The lowest BCUT2D eigenvalue weighted by molar-refractivity contribution is -0.140. The topological polar surface area (TPSA) is 52.6 Å². The Hall–Kier alpha value is -0.260. The molecular formula is C11H20N2O2S. The molecule has 2 atom stereocenters. The smallest absolute Gasteiger partial charge is 0.320 e. The summed E-state index contributed by atoms with van der Waals surface area (Å²) in [6.07, 6.45) is 4.05. The van der Waals surface area contributed by atoms with Crippen molar-refractivity contribution in [2.45, 2.75) is 36.6 Å². The predicted octanol–water partition coefficient (Wildman–Crippen LogP) is 0.978. The summed E-state index contributed by atoms with van der Waals surface area (Å²) < 4.78 is 0. The Morgan fingerprint density at radius 1 is 1.50 bits per heavy atom. The van der Waals surface area contributed by atoms with Crippen molar-refractivity contribution >= 4 is 17.7 Å². The third kappa shape index (κ3) is 2.70. The second-order valence-electron chi connectivity index (χ2n) is 4.82. The zero-order valence-corrected chi connectivity index (χ0v) is 10.6. The highest BCUT2D eigenvalue weighted by molar-refractivity contribution is 8.00. The van der Waals surface area contributed by atoms with Crippen molar-refractivity contribution in [1.82, 2.24) is 10.2 Å². The van der Waals surface area contributed by atoms with Gasteiger partial charge in [0.15, 0.2) is 0 Å². The Bertz CT molecular complexity index is 275. The number of carboxylic acid groups (broad SMARTS) is 1. The standard InChI is InChI=1S/C11H20N2O2S/c1-13-6-2-4-11(5-7-13)12-9(10(14)15)3-8-16-11/h9,12H,2-8H2,1H3,(H,14,15). The van der Waals surface area contributed by atoms with Gasteiger partial charge in [-0.15, -0.1) is 11.8 Å². The van der Waals surface area contributed by atoms with Gasteiger partial charge in [-0.05, 0) is 45.0 Å². The summed E-state index contributed by atoms with van der Waals surface area (Å²) in [6.45, 7) is 2.19. The highest BCUT2D eigenvalue weighted by Crippen LogP contribution is 2.37. The Balaban J connectivity index is 2.02. The lowest BCUT2D eigenvalue weighted by atomic mass is 10.1. The van der Waals surface area contributed by atoms with Crippen molar-refractivity contribution in [2.24, 2.45) is 0 Å². The second kappa shape index (κ2) is 4.94. The van der Waals surface area contributed by atoms with Gasteiger partial charge in [-0.25, -0.2) is 0 Å². The summed E-state index contributed by atoms with van der Waals surface area (Å²) in [4.78, 5) is 13.4. The first kappa shape index (κ1) is 12.2. The van der Waals surface area contributed by atoms with Gasteiger partial charge in [-0.3, -0.25) is 10.1 Å². The van der Waals surface area contributed by atoms with Gasteiger partial charge in [0.05, 0.1) is 4.87 Å². The number of rotatable bonds is 1. The SMILES string of the molecule is CN1CCCC2(CC1)NC(C(=O)O)CCS2. The molecule has 2 rings (SSSR count). The summed E-state index contributed by atoms with van der Waals surface area (Å²) in [6, 6.07) is -0.343. The molecule has 92 valence electrons. The van der Waals surface area contributed by atoms with Gasteiger partial charge < -0.3 is 10.0 Å². The predicted molar refractivity (Wildman–Crippen MR) is 65.7 cm³/mol. The molecule has 0 aromatic rings. The molecule has 2 aliphatic rings. The van der Waals surface area contributed by atoms with E-state index >= 15 is 0 Å². The number of carbonyl (C=O) groups is 1. The van der Waals surface area contributed by atoms with E-state index in [-0.39, 0.29) is 10.9 Å². The molecule has 2 N–H and O–H groups in total. The van der Waals surface area contributed by atoms with Crippen LogP contribution in [0.25, 0.3) is 0 Å². The zero-order chi connectivity index (χ0) is 11.6. The molecular weight excluding hydrogens is 224 g/mol. The largest absolute Gasteiger partial charge is 0.480 e. The van der Waals surface area contributed by atoms with E-state index < -0.39 is 5.97 Å². The molecule has 0 bridgehead atoms. The maximum atomic E-state index is 11.0. The van der Waals surface area contributed by atoms with Crippen LogP contribution in [-0.2, 0) is 4.79 Å². The number of thioether (sulfide) groups is 1. The average Bonchev–Trinajstić information content (AvgIpc) is 2.42. The minimum absolute atomic E-state index is 0.0199. The van der Waals surface area contributed by atoms with E-state index in [9.17, 15) is 4.79 Å². The summed E-state index contributed by atoms with van der Waals surface area (Å²) >= 11 is 1.92. The van der Waals surface area contributed by atoms with Gasteiger partial charge in [-0.1, -0.05) is 0 Å². The fourth-order valence-corrected chi connectivity index (χ4v) is 4.01. The van der Waals surface area contributed by atoms with Crippen molar-refractivity contribution in [3.63, 3.8) is 0 Å². The van der Waals surface area contributed by atoms with Crippen LogP contribution in [-0.4, -0.2) is 52.8 Å². The first-order chi connectivity index (χ1) is 7.61. The van der Waals surface area contributed by atoms with Crippen molar-refractivity contribution in [1.29, 1.82) is 0 Å². The van der Waals surface area contributed by atoms with Crippen LogP contribution in [0.3, 0.4) is 0 Å². The molecule has 16 heavy (non-hydrogen) atoms. The van der Waals surface area contributed by atoms with Crippen LogP contribution in [0.1, 0.15) is 25.7 Å². The van der Waals surface area contributed by atoms with E-state index in [1.807, 2.05) is 11.8 Å². The minimum Gasteiger partial charge on any atom is -0.480 e. The Morgan fingerprint density at radius 2 is 2.31 bits per heavy atom. The number of hydrogen-bond donors (Lipinski definition) is 2. The first-order valence-corrected chi connectivity index (χ1v) is 6.93. The number of hydrogen-bond acceptors (Lipinski definition) is 4. The van der Waals surface area contributed by atoms with Crippen molar-refractivity contribution in [3.8, 4) is 0 Å². The maximum Gasteiger partial charge on any atom is 0.320 e. The van der Waals surface area contributed by atoms with Gasteiger partial charge in [0.2, 0.25) is 0 Å². The van der Waals surface area contributed by atoms with Crippen molar-refractivity contribution < 1.29 is 9.90 Å². The fraction of sp³-hybridized carbons (Fsp3) is 0.909. The molecule has 2 saturated heterocycles. The van der Waals surface area contributed by atoms with Gasteiger partial charge >= 0.3 is 5.97 Å². The molecule has 0 radical (unpaired) electrons. The summed E-state index contributed by atoms with van der Waals surface area (Å²) in [5.41, 5.74) is 0. The van der Waals surface area contributed by atoms with Gasteiger partial charge in [0, 0.05) is 6.54 Å². The van der Waals surface area contributed by atoms with E-state index in [1.165, 1.54) is 0 Å². The monoisotopic (exact) mass is 244 g/mol. The van der Waals surface area contributed by atoms with Crippen LogP contribution in [0.2, 0.25) is 0 Å². The number of likely N-dealkylation sites (tertiary alicyclic amines) is 1. The molecule has 0 saturated carbocycles. The molecule has 2 unspecified atom stereocenters. The van der Waals surface area contributed by atoms with Crippen LogP contribution in [0, 0.1) is 0 Å². The highest BCUT2D eigenvalue weighted by Gasteiger charge is 2.39. The molecule has 0 amide bonds. The summed E-state index contributed by atoms with van der Waals surface area (Å²) in [5.74, 6) is 0.269. The van der Waals surface area contributed by atoms with Gasteiger partial charge in [-0.2, -0.15) is 0 Å². The van der Waals surface area contributed by atoms with E-state index in [4.69, 9.17) is 5.11 Å². The Morgan fingerprint density at radius 3 is 3.06 bits per heavy atom. The highest BCUT2D eigenvalue weighted by atomic mass is 32.2. The first-order valence-electron chi connectivity index (χ1n) is 5.94. The number of aliphatic carboxylic acids is 1. The fourth-order valence-electron chi connectivity index (χ4n) is 2.52. The summed E-state index contributed by atoms with van der Waals surface area (Å²) in [7, 11) is 2.14. The van der Waals surface area contributed by atoms with Crippen LogP contribution in [0.5, 0.6) is 0 Å². The molecule has 0 aromatic heterocycles. The van der Waals surface area contributed by atoms with Crippen molar-refractivity contribution in [2.75, 3.05) is 25.9 Å². The molecule has 4 nitrogen and oxygen atoms in total. The minimum atomic E-state index is -0.697. The van der Waals surface area contributed by atoms with Crippen molar-refractivity contribution in [3.05, 3.63) is 0 Å². The Labute approximate surface area is 101 Å². The summed E-state index contributed by atoms with van der Waals surface area (Å²) in [5, 5.41) is 12.5. The van der Waals surface area contributed by atoms with E-state index in [0.717, 1.165) is 44.5 Å². The Kier molecular flexibility index (Phi) is 3.77. The van der Waals surface area contributed by atoms with Crippen LogP contribution < -0.4 is 5.32 Å². The van der Waals surface area contributed by atoms with E-state index in [0.29, 0.717) is 0 Å². The van der Waals surface area contributed by atoms with Crippen LogP contribution >= 0.6 is 11.8 Å². The molecule has 5 heteroatoms. The van der Waals surface area contributed by atoms with Crippen LogP contribution in [0.4, 0.5) is 0 Å². The van der Waals surface area contributed by atoms with Gasteiger partial charge in [0.1, 0.15) is 6.04 Å². The second-order valence-corrected chi connectivity index (χ2v) is 6.30. The number of nitrogens with one attached hydrogen (secondary N) is 1. The average molecular weight is 244 g/mol. The third-order valence-electron chi connectivity index (χ3n) is 3.54. The third-order valence-corrected chi connectivity index (χ3v) is 5.06. The van der Waals surface area contributed by atoms with E-state index in [2.05, 4.69) is 17.3 Å². The maximum absolute atomic E-state index is 11.0. The zero-order valence-electron chi connectivity index (χ0n) is 9.74. The molecule has 1 spiro atoms. The van der Waals surface area contributed by atoms with E-state index in [1.54, 1.807) is 0 Å². The molecule has 2 heterocycles. The molecule has 0 aliphatic carbocycles. The molecule has 2 fully saturated rings. The number of carboxylic acids is 1. The molecule has 0 aromatic carbocycles. The molecule has 2 aliphatic heterocycles. The van der Waals surface area contributed by atoms with Crippen LogP contribution in [0.15, 0.2) is 0 Å². The quantitative estimate of drug-likeness (QED) is 0.720.